The van der Waals surface area contributed by atoms with Gasteiger partial charge < -0.3 is 19.3 Å². The van der Waals surface area contributed by atoms with E-state index in [9.17, 15) is 5.11 Å². The Kier molecular flexibility index (Phi) is 4.31. The molecule has 2 rings (SSSR count). The summed E-state index contributed by atoms with van der Waals surface area (Å²) in [5.41, 5.74) is 4.23. The largest absolute Gasteiger partial charge is 0.497 e. The SMILES string of the molecule is C=C=C(c1ccc(OC)cc1)[C@H](O)[C@H]1COC(C)(C)O1. The van der Waals surface area contributed by atoms with Gasteiger partial charge in [0.05, 0.1) is 13.7 Å². The lowest BCUT2D eigenvalue weighted by atomic mass is 9.98. The van der Waals surface area contributed by atoms with Gasteiger partial charge in [0.2, 0.25) is 0 Å². The second kappa shape index (κ2) is 5.81. The van der Waals surface area contributed by atoms with Crippen LogP contribution in [0.1, 0.15) is 19.4 Å². The average Bonchev–Trinajstić information content (AvgIpc) is 2.80. The zero-order valence-electron chi connectivity index (χ0n) is 12.1. The molecular formula is C16H20O4. The van der Waals surface area contributed by atoms with Crippen LogP contribution in [0.25, 0.3) is 5.57 Å². The van der Waals surface area contributed by atoms with Crippen molar-refractivity contribution in [3.63, 3.8) is 0 Å². The predicted molar refractivity (Wildman–Crippen MR) is 76.5 cm³/mol. The minimum Gasteiger partial charge on any atom is -0.497 e. The summed E-state index contributed by atoms with van der Waals surface area (Å²) in [5.74, 6) is 0.0888. The molecule has 0 aliphatic carbocycles. The van der Waals surface area contributed by atoms with Crippen molar-refractivity contribution in [1.82, 2.24) is 0 Å². The van der Waals surface area contributed by atoms with Gasteiger partial charge in [0.25, 0.3) is 0 Å². The van der Waals surface area contributed by atoms with Crippen molar-refractivity contribution in [1.29, 1.82) is 0 Å². The molecule has 1 aliphatic rings. The molecule has 1 saturated heterocycles. The van der Waals surface area contributed by atoms with E-state index in [0.29, 0.717) is 12.2 Å². The monoisotopic (exact) mass is 276 g/mol. The number of ether oxygens (including phenoxy) is 3. The van der Waals surface area contributed by atoms with E-state index in [2.05, 4.69) is 12.3 Å². The highest BCUT2D eigenvalue weighted by Gasteiger charge is 2.38. The van der Waals surface area contributed by atoms with Gasteiger partial charge in [-0.05, 0) is 31.5 Å². The first kappa shape index (κ1) is 14.8. The van der Waals surface area contributed by atoms with Crippen LogP contribution in [0.15, 0.2) is 36.6 Å². The molecule has 4 nitrogen and oxygen atoms in total. The van der Waals surface area contributed by atoms with Crippen LogP contribution in [0, 0.1) is 0 Å². The molecule has 4 heteroatoms. The summed E-state index contributed by atoms with van der Waals surface area (Å²) in [5, 5.41) is 10.4. The lowest BCUT2D eigenvalue weighted by Gasteiger charge is -2.21. The molecule has 108 valence electrons. The maximum absolute atomic E-state index is 10.4. The van der Waals surface area contributed by atoms with E-state index in [0.717, 1.165) is 11.3 Å². The summed E-state index contributed by atoms with van der Waals surface area (Å²) in [6.07, 6.45) is -1.25. The van der Waals surface area contributed by atoms with E-state index < -0.39 is 18.0 Å². The van der Waals surface area contributed by atoms with Crippen LogP contribution in [0.4, 0.5) is 0 Å². The summed E-state index contributed by atoms with van der Waals surface area (Å²) >= 11 is 0. The molecule has 0 amide bonds. The fourth-order valence-corrected chi connectivity index (χ4v) is 2.20. The number of hydrogen-bond acceptors (Lipinski definition) is 4. The summed E-state index contributed by atoms with van der Waals surface area (Å²) in [6.45, 7) is 7.65. The Bertz CT molecular complexity index is 512. The van der Waals surface area contributed by atoms with Crippen LogP contribution in [-0.4, -0.2) is 36.8 Å². The zero-order valence-corrected chi connectivity index (χ0v) is 12.1. The number of aliphatic hydroxyl groups is 1. The van der Waals surface area contributed by atoms with Gasteiger partial charge in [0.1, 0.15) is 18.0 Å². The molecule has 1 aliphatic heterocycles. The van der Waals surface area contributed by atoms with Gasteiger partial charge in [-0.1, -0.05) is 18.7 Å². The van der Waals surface area contributed by atoms with Crippen molar-refractivity contribution in [3.8, 4) is 5.75 Å². The van der Waals surface area contributed by atoms with Crippen LogP contribution in [-0.2, 0) is 9.47 Å². The molecule has 1 aromatic carbocycles. The quantitative estimate of drug-likeness (QED) is 0.858. The zero-order chi connectivity index (χ0) is 14.8. The van der Waals surface area contributed by atoms with Gasteiger partial charge in [-0.25, -0.2) is 0 Å². The molecule has 0 radical (unpaired) electrons. The second-order valence-electron chi connectivity index (χ2n) is 5.13. The van der Waals surface area contributed by atoms with Crippen LogP contribution in [0.5, 0.6) is 5.75 Å². The lowest BCUT2D eigenvalue weighted by molar-refractivity contribution is -0.146. The standard InChI is InChI=1S/C16H20O4/c1-5-13(11-6-8-12(18-4)9-7-11)15(17)14-10-19-16(2,3)20-14/h6-9,14-15,17H,1,10H2,2-4H3/t14-,15+/m1/s1. The van der Waals surface area contributed by atoms with Crippen molar-refractivity contribution < 1.29 is 19.3 Å². The molecule has 1 fully saturated rings. The molecule has 0 unspecified atom stereocenters. The number of hydrogen-bond donors (Lipinski definition) is 1. The Hall–Kier alpha value is -1.58. The van der Waals surface area contributed by atoms with Gasteiger partial charge in [0.15, 0.2) is 5.79 Å². The minimum absolute atomic E-state index is 0.343. The number of benzene rings is 1. The maximum Gasteiger partial charge on any atom is 0.163 e. The fourth-order valence-electron chi connectivity index (χ4n) is 2.20. The van der Waals surface area contributed by atoms with E-state index in [1.165, 1.54) is 0 Å². The Morgan fingerprint density at radius 3 is 2.55 bits per heavy atom. The molecule has 1 aromatic rings. The van der Waals surface area contributed by atoms with Crippen molar-refractivity contribution in [2.45, 2.75) is 31.8 Å². The highest BCUT2D eigenvalue weighted by molar-refractivity contribution is 5.69. The second-order valence-corrected chi connectivity index (χ2v) is 5.13. The van der Waals surface area contributed by atoms with Crippen molar-refractivity contribution in [2.24, 2.45) is 0 Å². The summed E-state index contributed by atoms with van der Waals surface area (Å²) in [6, 6.07) is 7.37. The Labute approximate surface area is 119 Å². The Morgan fingerprint density at radius 2 is 2.10 bits per heavy atom. The Morgan fingerprint density at radius 1 is 1.45 bits per heavy atom. The van der Waals surface area contributed by atoms with Crippen molar-refractivity contribution in [3.05, 3.63) is 42.1 Å². The van der Waals surface area contributed by atoms with E-state index in [1.807, 2.05) is 38.1 Å². The number of aliphatic hydroxyl groups excluding tert-OH is 1. The third kappa shape index (κ3) is 3.11. The molecule has 2 atom stereocenters. The molecule has 0 saturated carbocycles. The van der Waals surface area contributed by atoms with Gasteiger partial charge in [0, 0.05) is 5.57 Å². The van der Waals surface area contributed by atoms with Gasteiger partial charge >= 0.3 is 0 Å². The Balaban J connectivity index is 2.18. The third-order valence-corrected chi connectivity index (χ3v) is 3.27. The van der Waals surface area contributed by atoms with E-state index in [-0.39, 0.29) is 0 Å². The van der Waals surface area contributed by atoms with Crippen LogP contribution >= 0.6 is 0 Å². The lowest BCUT2D eigenvalue weighted by Crippen LogP contribution is -2.31. The molecule has 1 N–H and O–H groups in total. The van der Waals surface area contributed by atoms with Gasteiger partial charge in [-0.3, -0.25) is 0 Å². The normalized spacial score (nSPS) is 22.1. The first-order valence-corrected chi connectivity index (χ1v) is 6.51. The van der Waals surface area contributed by atoms with Crippen molar-refractivity contribution in [2.75, 3.05) is 13.7 Å². The molecule has 0 aromatic heterocycles. The molecule has 1 heterocycles. The maximum atomic E-state index is 10.4. The topological polar surface area (TPSA) is 47.9 Å². The fraction of sp³-hybridized carbons (Fsp3) is 0.438. The first-order valence-electron chi connectivity index (χ1n) is 6.51. The highest BCUT2D eigenvalue weighted by Crippen LogP contribution is 2.30. The van der Waals surface area contributed by atoms with Gasteiger partial charge in [-0.2, -0.15) is 0 Å². The minimum atomic E-state index is -0.831. The predicted octanol–water partition coefficient (Wildman–Crippen LogP) is 2.38. The summed E-state index contributed by atoms with van der Waals surface area (Å²) in [7, 11) is 1.61. The summed E-state index contributed by atoms with van der Waals surface area (Å²) in [4.78, 5) is 0. The number of rotatable bonds is 4. The third-order valence-electron chi connectivity index (χ3n) is 3.27. The molecule has 0 bridgehead atoms. The average molecular weight is 276 g/mol. The first-order chi connectivity index (χ1) is 9.46. The van der Waals surface area contributed by atoms with E-state index in [4.69, 9.17) is 14.2 Å². The van der Waals surface area contributed by atoms with E-state index >= 15 is 0 Å². The van der Waals surface area contributed by atoms with E-state index in [1.54, 1.807) is 7.11 Å². The van der Waals surface area contributed by atoms with Crippen LogP contribution in [0.3, 0.4) is 0 Å². The molecule has 0 spiro atoms. The molecular weight excluding hydrogens is 256 g/mol. The van der Waals surface area contributed by atoms with Gasteiger partial charge in [-0.15, -0.1) is 5.73 Å². The number of methoxy groups -OCH3 is 1. The molecule has 20 heavy (non-hydrogen) atoms. The highest BCUT2D eigenvalue weighted by atomic mass is 16.7. The van der Waals surface area contributed by atoms with Crippen LogP contribution < -0.4 is 4.74 Å². The van der Waals surface area contributed by atoms with Crippen molar-refractivity contribution >= 4 is 5.57 Å². The van der Waals surface area contributed by atoms with Crippen LogP contribution in [0.2, 0.25) is 0 Å². The summed E-state index contributed by atoms with van der Waals surface area (Å²) < 4.78 is 16.3. The smallest absolute Gasteiger partial charge is 0.163 e.